The van der Waals surface area contributed by atoms with Crippen LogP contribution in [0.4, 0.5) is 0 Å². The van der Waals surface area contributed by atoms with Crippen molar-refractivity contribution in [2.45, 2.75) is 71.2 Å². The fourth-order valence-electron chi connectivity index (χ4n) is 3.29. The maximum atomic E-state index is 6.15. The minimum absolute atomic E-state index is 0.0351. The molecule has 0 aliphatic carbocycles. The molecule has 0 spiro atoms. The molecular weight excluding hydrogens is 234 g/mol. The van der Waals surface area contributed by atoms with Crippen molar-refractivity contribution in [3.05, 3.63) is 35.4 Å². The van der Waals surface area contributed by atoms with Crippen LogP contribution in [0.2, 0.25) is 0 Å². The molecule has 0 amide bonds. The highest BCUT2D eigenvalue weighted by molar-refractivity contribution is 5.28. The zero-order valence-corrected chi connectivity index (χ0v) is 13.1. The normalized spacial score (nSPS) is 26.3. The lowest BCUT2D eigenvalue weighted by Crippen LogP contribution is -2.44. The van der Waals surface area contributed by atoms with Crippen molar-refractivity contribution in [2.75, 3.05) is 0 Å². The number of benzene rings is 1. The Morgan fingerprint density at radius 1 is 1.21 bits per heavy atom. The Bertz CT molecular complexity index is 450. The third-order valence-electron chi connectivity index (χ3n) is 4.18. The number of ether oxygens (including phenoxy) is 1. The van der Waals surface area contributed by atoms with Crippen LogP contribution in [0.25, 0.3) is 0 Å². The van der Waals surface area contributed by atoms with E-state index < -0.39 is 0 Å². The summed E-state index contributed by atoms with van der Waals surface area (Å²) in [5.41, 5.74) is 2.58. The zero-order chi connectivity index (χ0) is 14.3. The second kappa shape index (κ2) is 4.92. The molecule has 1 aromatic rings. The Labute approximate surface area is 117 Å². The van der Waals surface area contributed by atoms with Crippen LogP contribution in [0, 0.1) is 6.92 Å². The molecule has 1 aromatic carbocycles. The monoisotopic (exact) mass is 261 g/mol. The topological polar surface area (TPSA) is 21.3 Å². The zero-order valence-electron chi connectivity index (χ0n) is 13.1. The second-order valence-corrected chi connectivity index (χ2v) is 6.97. The van der Waals surface area contributed by atoms with Gasteiger partial charge in [0.1, 0.15) is 0 Å². The molecule has 2 heteroatoms. The molecule has 2 rings (SSSR count). The minimum atomic E-state index is -0.111. The van der Waals surface area contributed by atoms with E-state index in [9.17, 15) is 0 Å². The van der Waals surface area contributed by atoms with E-state index in [2.05, 4.69) is 71.1 Å². The van der Waals surface area contributed by atoms with Gasteiger partial charge in [0.05, 0.1) is 11.2 Å². The fourth-order valence-corrected chi connectivity index (χ4v) is 3.29. The Balaban J connectivity index is 2.12. The minimum Gasteiger partial charge on any atom is -0.368 e. The van der Waals surface area contributed by atoms with Gasteiger partial charge in [-0.3, -0.25) is 0 Å². The molecule has 19 heavy (non-hydrogen) atoms. The first kappa shape index (κ1) is 14.5. The van der Waals surface area contributed by atoms with Crippen molar-refractivity contribution in [2.24, 2.45) is 0 Å². The Hall–Kier alpha value is -0.860. The third kappa shape index (κ3) is 3.18. The van der Waals surface area contributed by atoms with Crippen molar-refractivity contribution in [3.8, 4) is 0 Å². The molecule has 1 N–H and O–H groups in total. The lowest BCUT2D eigenvalue weighted by Gasteiger charge is -2.30. The van der Waals surface area contributed by atoms with Crippen molar-refractivity contribution < 1.29 is 4.74 Å². The molecule has 1 aliphatic rings. The molecule has 0 bridgehead atoms. The van der Waals surface area contributed by atoms with Crippen molar-refractivity contribution in [3.63, 3.8) is 0 Å². The fraction of sp³-hybridized carbons (Fsp3) is 0.647. The summed E-state index contributed by atoms with van der Waals surface area (Å²) in [7, 11) is 0. The van der Waals surface area contributed by atoms with Crippen molar-refractivity contribution in [1.82, 2.24) is 5.32 Å². The quantitative estimate of drug-likeness (QED) is 0.888. The summed E-state index contributed by atoms with van der Waals surface area (Å²) in [4.78, 5) is 0. The van der Waals surface area contributed by atoms with Crippen LogP contribution in [0.1, 0.15) is 58.2 Å². The summed E-state index contributed by atoms with van der Waals surface area (Å²) in [5, 5.41) is 3.76. The van der Waals surface area contributed by atoms with E-state index >= 15 is 0 Å². The lowest BCUT2D eigenvalue weighted by molar-refractivity contribution is -0.0703. The van der Waals surface area contributed by atoms with Crippen LogP contribution in [0.15, 0.2) is 24.3 Å². The van der Waals surface area contributed by atoms with Gasteiger partial charge >= 0.3 is 0 Å². The molecule has 1 fully saturated rings. The van der Waals surface area contributed by atoms with Crippen LogP contribution < -0.4 is 5.32 Å². The van der Waals surface area contributed by atoms with Gasteiger partial charge in [-0.05, 0) is 59.1 Å². The molecule has 0 radical (unpaired) electrons. The van der Waals surface area contributed by atoms with Crippen LogP contribution >= 0.6 is 0 Å². The second-order valence-electron chi connectivity index (χ2n) is 6.97. The molecule has 1 aliphatic heterocycles. The molecule has 0 saturated carbocycles. The highest BCUT2D eigenvalue weighted by Gasteiger charge is 2.46. The van der Waals surface area contributed by atoms with Crippen LogP contribution in [0.5, 0.6) is 0 Å². The summed E-state index contributed by atoms with van der Waals surface area (Å²) < 4.78 is 6.15. The van der Waals surface area contributed by atoms with E-state index in [0.29, 0.717) is 12.1 Å². The van der Waals surface area contributed by atoms with E-state index in [1.807, 2.05) is 0 Å². The molecular formula is C17H27NO. The van der Waals surface area contributed by atoms with Crippen LogP contribution in [-0.2, 0) is 4.74 Å². The van der Waals surface area contributed by atoms with E-state index in [4.69, 9.17) is 4.74 Å². The first-order chi connectivity index (χ1) is 8.71. The summed E-state index contributed by atoms with van der Waals surface area (Å²) in [6.07, 6.45) is 1.05. The molecule has 2 atom stereocenters. The maximum Gasteiger partial charge on any atom is 0.0787 e. The van der Waals surface area contributed by atoms with Crippen LogP contribution in [0.3, 0.4) is 0 Å². The van der Waals surface area contributed by atoms with E-state index in [1.165, 1.54) is 11.1 Å². The first-order valence-electron chi connectivity index (χ1n) is 7.23. The van der Waals surface area contributed by atoms with Gasteiger partial charge in [-0.25, -0.2) is 0 Å². The number of hydrogen-bond acceptors (Lipinski definition) is 2. The average molecular weight is 261 g/mol. The van der Waals surface area contributed by atoms with E-state index in [0.717, 1.165) is 6.42 Å². The van der Waals surface area contributed by atoms with Gasteiger partial charge in [0.2, 0.25) is 0 Å². The average Bonchev–Trinajstić information content (AvgIpc) is 2.47. The van der Waals surface area contributed by atoms with Gasteiger partial charge in [-0.2, -0.15) is 0 Å². The number of hydrogen-bond donors (Lipinski definition) is 1. The Morgan fingerprint density at radius 2 is 1.84 bits per heavy atom. The molecule has 2 nitrogen and oxygen atoms in total. The predicted octanol–water partition coefficient (Wildman–Crippen LogP) is 3.99. The smallest absolute Gasteiger partial charge is 0.0787 e. The van der Waals surface area contributed by atoms with Crippen molar-refractivity contribution in [1.29, 1.82) is 0 Å². The highest BCUT2D eigenvalue weighted by atomic mass is 16.5. The van der Waals surface area contributed by atoms with Gasteiger partial charge in [-0.15, -0.1) is 0 Å². The maximum absolute atomic E-state index is 6.15. The SMILES string of the molecule is Cc1ccccc1[C@@H](C)NC1CC(C)(C)OC1(C)C. The summed E-state index contributed by atoms with van der Waals surface area (Å²) in [6.45, 7) is 13.1. The van der Waals surface area contributed by atoms with Crippen molar-refractivity contribution >= 4 is 0 Å². The van der Waals surface area contributed by atoms with Gasteiger partial charge < -0.3 is 10.1 Å². The Morgan fingerprint density at radius 3 is 2.37 bits per heavy atom. The van der Waals surface area contributed by atoms with Gasteiger partial charge in [0.25, 0.3) is 0 Å². The largest absolute Gasteiger partial charge is 0.368 e. The lowest BCUT2D eigenvalue weighted by atomic mass is 9.92. The number of rotatable bonds is 3. The molecule has 0 aromatic heterocycles. The van der Waals surface area contributed by atoms with E-state index in [1.54, 1.807) is 0 Å². The molecule has 1 saturated heterocycles. The molecule has 1 unspecified atom stereocenters. The first-order valence-corrected chi connectivity index (χ1v) is 7.23. The predicted molar refractivity (Wildman–Crippen MR) is 80.4 cm³/mol. The summed E-state index contributed by atoms with van der Waals surface area (Å²) in [6, 6.07) is 9.33. The molecule has 1 heterocycles. The third-order valence-corrected chi connectivity index (χ3v) is 4.18. The van der Waals surface area contributed by atoms with E-state index in [-0.39, 0.29) is 11.2 Å². The van der Waals surface area contributed by atoms with Gasteiger partial charge in [0, 0.05) is 12.1 Å². The highest BCUT2D eigenvalue weighted by Crippen LogP contribution is 2.38. The van der Waals surface area contributed by atoms with Gasteiger partial charge in [-0.1, -0.05) is 24.3 Å². The number of aryl methyl sites for hydroxylation is 1. The van der Waals surface area contributed by atoms with Crippen LogP contribution in [-0.4, -0.2) is 17.2 Å². The Kier molecular flexibility index (Phi) is 3.76. The van der Waals surface area contributed by atoms with Gasteiger partial charge in [0.15, 0.2) is 0 Å². The standard InChI is InChI=1S/C17H27NO/c1-12-9-7-8-10-14(12)13(2)18-15-11-16(3,4)19-17(15,5)6/h7-10,13,15,18H,11H2,1-6H3/t13-,15?/m1/s1. The number of nitrogens with one attached hydrogen (secondary N) is 1. The summed E-state index contributed by atoms with van der Waals surface area (Å²) >= 11 is 0. The summed E-state index contributed by atoms with van der Waals surface area (Å²) in [5.74, 6) is 0. The molecule has 106 valence electrons.